The van der Waals surface area contributed by atoms with Crippen molar-refractivity contribution in [2.75, 3.05) is 38.6 Å². The summed E-state index contributed by atoms with van der Waals surface area (Å²) in [5.41, 5.74) is 2.59. The van der Waals surface area contributed by atoms with Gasteiger partial charge >= 0.3 is 0 Å². The summed E-state index contributed by atoms with van der Waals surface area (Å²) in [6.45, 7) is 4.41. The van der Waals surface area contributed by atoms with Crippen LogP contribution in [-0.4, -0.2) is 38.2 Å². The molecule has 0 bridgehead atoms. The fourth-order valence-corrected chi connectivity index (χ4v) is 3.00. The number of benzene rings is 1. The molecule has 0 saturated carbocycles. The van der Waals surface area contributed by atoms with E-state index in [0.29, 0.717) is 0 Å². The van der Waals surface area contributed by atoms with Crippen LogP contribution in [0.4, 0.5) is 5.69 Å². The number of anilines is 1. The maximum absolute atomic E-state index is 5.53. The van der Waals surface area contributed by atoms with Gasteiger partial charge in [0.1, 0.15) is 5.75 Å². The first kappa shape index (κ1) is 11.8. The Hall–Kier alpha value is -1.22. The van der Waals surface area contributed by atoms with Crippen LogP contribution < -0.4 is 10.1 Å². The van der Waals surface area contributed by atoms with Crippen LogP contribution in [-0.2, 0) is 6.42 Å². The summed E-state index contributed by atoms with van der Waals surface area (Å²) in [6.07, 6.45) is 3.74. The van der Waals surface area contributed by atoms with Crippen molar-refractivity contribution in [3.63, 3.8) is 0 Å². The number of ether oxygens (including phenoxy) is 1. The predicted molar refractivity (Wildman–Crippen MR) is 74.4 cm³/mol. The zero-order valence-electron chi connectivity index (χ0n) is 11.1. The van der Waals surface area contributed by atoms with E-state index in [1.807, 2.05) is 0 Å². The van der Waals surface area contributed by atoms with Crippen LogP contribution in [0.1, 0.15) is 18.4 Å². The molecular formula is C15H22N2O. The fraction of sp³-hybridized carbons (Fsp3) is 0.600. The Bertz CT molecular complexity index is 419. The lowest BCUT2D eigenvalue weighted by atomic mass is 9.98. The minimum atomic E-state index is 0.785. The molecule has 0 aromatic heterocycles. The van der Waals surface area contributed by atoms with E-state index in [4.69, 9.17) is 4.74 Å². The number of fused-ring (bicyclic) bond motifs is 1. The molecule has 2 heterocycles. The van der Waals surface area contributed by atoms with Gasteiger partial charge in [0.15, 0.2) is 0 Å². The summed E-state index contributed by atoms with van der Waals surface area (Å²) in [4.78, 5) is 2.44. The molecule has 1 aromatic rings. The third kappa shape index (κ3) is 2.61. The van der Waals surface area contributed by atoms with Gasteiger partial charge in [-0.2, -0.15) is 0 Å². The van der Waals surface area contributed by atoms with Crippen molar-refractivity contribution in [3.8, 4) is 5.75 Å². The summed E-state index contributed by atoms with van der Waals surface area (Å²) in [5, 5.41) is 3.58. The fourth-order valence-electron chi connectivity index (χ4n) is 3.00. The lowest BCUT2D eigenvalue weighted by molar-refractivity contribution is 0.217. The Morgan fingerprint density at radius 1 is 1.44 bits per heavy atom. The third-order valence-electron chi connectivity index (χ3n) is 4.01. The van der Waals surface area contributed by atoms with E-state index >= 15 is 0 Å². The summed E-state index contributed by atoms with van der Waals surface area (Å²) >= 11 is 0. The van der Waals surface area contributed by atoms with E-state index in [1.165, 1.54) is 37.2 Å². The van der Waals surface area contributed by atoms with E-state index in [2.05, 4.69) is 35.5 Å². The molecule has 3 heteroatoms. The molecule has 3 nitrogen and oxygen atoms in total. The average molecular weight is 246 g/mol. The number of nitrogens with zero attached hydrogens (tertiary/aromatic N) is 1. The first-order valence-corrected chi connectivity index (χ1v) is 6.99. The van der Waals surface area contributed by atoms with E-state index in [0.717, 1.165) is 31.2 Å². The maximum Gasteiger partial charge on any atom is 0.122 e. The third-order valence-corrected chi connectivity index (χ3v) is 4.01. The zero-order valence-corrected chi connectivity index (χ0v) is 11.1. The van der Waals surface area contributed by atoms with Crippen molar-refractivity contribution in [2.45, 2.75) is 19.3 Å². The second-order valence-corrected chi connectivity index (χ2v) is 5.57. The Balaban J connectivity index is 1.56. The van der Waals surface area contributed by atoms with Gasteiger partial charge in [0, 0.05) is 25.2 Å². The van der Waals surface area contributed by atoms with Crippen LogP contribution in [0.3, 0.4) is 0 Å². The first-order chi connectivity index (χ1) is 8.81. The molecule has 1 N–H and O–H groups in total. The molecule has 1 aromatic carbocycles. The van der Waals surface area contributed by atoms with Gasteiger partial charge in [-0.25, -0.2) is 0 Å². The minimum absolute atomic E-state index is 0.785. The molecular weight excluding hydrogens is 224 g/mol. The highest BCUT2D eigenvalue weighted by Gasteiger charge is 2.17. The Morgan fingerprint density at radius 2 is 2.39 bits per heavy atom. The van der Waals surface area contributed by atoms with Crippen molar-refractivity contribution >= 4 is 5.69 Å². The number of piperidine rings is 1. The molecule has 0 spiro atoms. The lowest BCUT2D eigenvalue weighted by Gasteiger charge is -2.30. The van der Waals surface area contributed by atoms with Crippen molar-refractivity contribution in [1.29, 1.82) is 0 Å². The molecule has 2 aliphatic heterocycles. The van der Waals surface area contributed by atoms with Crippen LogP contribution in [0.5, 0.6) is 5.75 Å². The summed E-state index contributed by atoms with van der Waals surface area (Å²) in [6, 6.07) is 6.48. The van der Waals surface area contributed by atoms with Crippen LogP contribution in [0.15, 0.2) is 18.2 Å². The Kier molecular flexibility index (Phi) is 3.41. The van der Waals surface area contributed by atoms with E-state index in [1.54, 1.807) is 0 Å². The van der Waals surface area contributed by atoms with Crippen LogP contribution in [0.2, 0.25) is 0 Å². The van der Waals surface area contributed by atoms with Crippen molar-refractivity contribution < 1.29 is 4.74 Å². The van der Waals surface area contributed by atoms with Gasteiger partial charge in [0.05, 0.1) is 6.61 Å². The number of hydrogen-bond acceptors (Lipinski definition) is 3. The standard InChI is InChI=1S/C15H22N2O/c1-17-7-2-3-12(11-17)10-16-14-4-5-15-13(9-14)6-8-18-15/h4-5,9,12,16H,2-3,6-8,10-11H2,1H3. The minimum Gasteiger partial charge on any atom is -0.493 e. The van der Waals surface area contributed by atoms with Gasteiger partial charge in [-0.15, -0.1) is 0 Å². The molecule has 2 aliphatic rings. The number of hydrogen-bond donors (Lipinski definition) is 1. The van der Waals surface area contributed by atoms with Gasteiger partial charge in [0.25, 0.3) is 0 Å². The van der Waals surface area contributed by atoms with Gasteiger partial charge in [-0.3, -0.25) is 0 Å². The molecule has 1 saturated heterocycles. The summed E-state index contributed by atoms with van der Waals surface area (Å²) < 4.78 is 5.53. The van der Waals surface area contributed by atoms with E-state index in [9.17, 15) is 0 Å². The monoisotopic (exact) mass is 246 g/mol. The Labute approximate surface area is 109 Å². The number of rotatable bonds is 3. The zero-order chi connectivity index (χ0) is 12.4. The van der Waals surface area contributed by atoms with Crippen LogP contribution in [0.25, 0.3) is 0 Å². The highest BCUT2D eigenvalue weighted by Crippen LogP contribution is 2.28. The van der Waals surface area contributed by atoms with Crippen molar-refractivity contribution in [1.82, 2.24) is 4.90 Å². The van der Waals surface area contributed by atoms with Gasteiger partial charge in [-0.1, -0.05) is 0 Å². The summed E-state index contributed by atoms with van der Waals surface area (Å²) in [5.74, 6) is 1.85. The second-order valence-electron chi connectivity index (χ2n) is 5.57. The number of likely N-dealkylation sites (tertiary alicyclic amines) is 1. The molecule has 1 unspecified atom stereocenters. The van der Waals surface area contributed by atoms with Crippen LogP contribution >= 0.6 is 0 Å². The SMILES string of the molecule is CN1CCCC(CNc2ccc3c(c2)CCO3)C1. The second kappa shape index (κ2) is 5.19. The maximum atomic E-state index is 5.53. The van der Waals surface area contributed by atoms with Gasteiger partial charge < -0.3 is 15.0 Å². The van der Waals surface area contributed by atoms with E-state index in [-0.39, 0.29) is 0 Å². The lowest BCUT2D eigenvalue weighted by Crippen LogP contribution is -2.35. The molecule has 1 atom stereocenters. The van der Waals surface area contributed by atoms with Crippen molar-refractivity contribution in [2.24, 2.45) is 5.92 Å². The normalized spacial score (nSPS) is 23.5. The molecule has 0 aliphatic carbocycles. The molecule has 1 fully saturated rings. The largest absolute Gasteiger partial charge is 0.493 e. The number of nitrogens with one attached hydrogen (secondary N) is 1. The van der Waals surface area contributed by atoms with Gasteiger partial charge in [-0.05, 0) is 56.1 Å². The highest BCUT2D eigenvalue weighted by molar-refractivity contribution is 5.52. The first-order valence-electron chi connectivity index (χ1n) is 6.99. The topological polar surface area (TPSA) is 24.5 Å². The predicted octanol–water partition coefficient (Wildman–Crippen LogP) is 2.38. The van der Waals surface area contributed by atoms with Crippen molar-refractivity contribution in [3.05, 3.63) is 23.8 Å². The average Bonchev–Trinajstić information content (AvgIpc) is 2.84. The smallest absolute Gasteiger partial charge is 0.122 e. The quantitative estimate of drug-likeness (QED) is 0.886. The highest BCUT2D eigenvalue weighted by atomic mass is 16.5. The van der Waals surface area contributed by atoms with Crippen LogP contribution in [0, 0.1) is 5.92 Å². The van der Waals surface area contributed by atoms with Gasteiger partial charge in [0.2, 0.25) is 0 Å². The molecule has 18 heavy (non-hydrogen) atoms. The Morgan fingerprint density at radius 3 is 3.28 bits per heavy atom. The van der Waals surface area contributed by atoms with E-state index < -0.39 is 0 Å². The molecule has 0 radical (unpaired) electrons. The molecule has 98 valence electrons. The molecule has 0 amide bonds. The molecule has 3 rings (SSSR count). The summed E-state index contributed by atoms with van der Waals surface area (Å²) in [7, 11) is 2.22.